The highest BCUT2D eigenvalue weighted by Crippen LogP contribution is 2.14. The number of nitrogens with one attached hydrogen (secondary N) is 1. The number of hydrogen-bond donors (Lipinski definition) is 1. The van der Waals surface area contributed by atoms with Crippen molar-refractivity contribution in [2.75, 3.05) is 49.6 Å². The number of thioether (sulfide) groups is 1. The predicted molar refractivity (Wildman–Crippen MR) is 126 cm³/mol. The van der Waals surface area contributed by atoms with E-state index in [1.54, 1.807) is 11.8 Å². The largest absolute Gasteiger partial charge is 0.493 e. The topological polar surface area (TPSA) is 61.9 Å². The van der Waals surface area contributed by atoms with Gasteiger partial charge in [-0.25, -0.2) is 0 Å². The lowest BCUT2D eigenvalue weighted by Gasteiger charge is -2.22. The Morgan fingerprint density at radius 1 is 1.00 bits per heavy atom. The van der Waals surface area contributed by atoms with Crippen LogP contribution in [0.3, 0.4) is 0 Å². The highest BCUT2D eigenvalue weighted by atomic mass is 32.2. The monoisotopic (exact) mass is 441 g/mol. The van der Waals surface area contributed by atoms with Crippen LogP contribution in [0.1, 0.15) is 18.9 Å². The summed E-state index contributed by atoms with van der Waals surface area (Å²) < 4.78 is 5.68. The first-order valence-electron chi connectivity index (χ1n) is 10.7. The SMILES string of the molecule is CC(=O)Nc1ccc(CN2CCCN(C(=O)CSCCOc3ccccc3)CC2)cc1. The van der Waals surface area contributed by atoms with Crippen molar-refractivity contribution >= 4 is 29.3 Å². The van der Waals surface area contributed by atoms with Crippen LogP contribution in [0, 0.1) is 0 Å². The molecule has 0 saturated carbocycles. The van der Waals surface area contributed by atoms with E-state index in [-0.39, 0.29) is 11.8 Å². The van der Waals surface area contributed by atoms with Gasteiger partial charge in [-0.3, -0.25) is 14.5 Å². The zero-order chi connectivity index (χ0) is 21.9. The van der Waals surface area contributed by atoms with E-state index in [0.717, 1.165) is 56.3 Å². The molecule has 0 aromatic heterocycles. The third-order valence-corrected chi connectivity index (χ3v) is 5.99. The molecule has 0 atom stereocenters. The van der Waals surface area contributed by atoms with Gasteiger partial charge in [0.1, 0.15) is 5.75 Å². The fourth-order valence-corrected chi connectivity index (χ4v) is 4.22. The Kier molecular flexibility index (Phi) is 9.24. The number of carbonyl (C=O) groups is 2. The molecule has 3 rings (SSSR count). The van der Waals surface area contributed by atoms with Crippen LogP contribution in [0.25, 0.3) is 0 Å². The first kappa shape index (κ1) is 23.2. The van der Waals surface area contributed by atoms with Gasteiger partial charge < -0.3 is 15.0 Å². The van der Waals surface area contributed by atoms with Crippen LogP contribution in [-0.2, 0) is 16.1 Å². The molecular weight excluding hydrogens is 410 g/mol. The normalized spacial score (nSPS) is 14.7. The maximum atomic E-state index is 12.6. The van der Waals surface area contributed by atoms with E-state index in [2.05, 4.69) is 10.2 Å². The summed E-state index contributed by atoms with van der Waals surface area (Å²) in [6.07, 6.45) is 0.984. The first-order chi connectivity index (χ1) is 15.1. The Morgan fingerprint density at radius 2 is 1.77 bits per heavy atom. The Labute approximate surface area is 188 Å². The van der Waals surface area contributed by atoms with Crippen molar-refractivity contribution in [3.8, 4) is 5.75 Å². The highest BCUT2D eigenvalue weighted by molar-refractivity contribution is 7.99. The molecule has 31 heavy (non-hydrogen) atoms. The van der Waals surface area contributed by atoms with Gasteiger partial charge >= 0.3 is 0 Å². The third-order valence-electron chi connectivity index (χ3n) is 5.09. The maximum Gasteiger partial charge on any atom is 0.232 e. The number of anilines is 1. The van der Waals surface area contributed by atoms with Crippen LogP contribution in [0.4, 0.5) is 5.69 Å². The quantitative estimate of drug-likeness (QED) is 0.604. The van der Waals surface area contributed by atoms with Gasteiger partial charge in [-0.05, 0) is 36.2 Å². The van der Waals surface area contributed by atoms with Gasteiger partial charge in [0.15, 0.2) is 0 Å². The molecule has 1 aliphatic heterocycles. The van der Waals surface area contributed by atoms with Gasteiger partial charge in [-0.1, -0.05) is 30.3 Å². The lowest BCUT2D eigenvalue weighted by atomic mass is 10.2. The van der Waals surface area contributed by atoms with E-state index in [4.69, 9.17) is 4.74 Å². The van der Waals surface area contributed by atoms with E-state index >= 15 is 0 Å². The van der Waals surface area contributed by atoms with E-state index in [1.807, 2.05) is 59.5 Å². The molecule has 1 aliphatic rings. The number of benzene rings is 2. The van der Waals surface area contributed by atoms with Crippen molar-refractivity contribution in [2.24, 2.45) is 0 Å². The van der Waals surface area contributed by atoms with Crippen LogP contribution in [0.2, 0.25) is 0 Å². The summed E-state index contributed by atoms with van der Waals surface area (Å²) in [5, 5.41) is 2.79. The second-order valence-electron chi connectivity index (χ2n) is 7.60. The summed E-state index contributed by atoms with van der Waals surface area (Å²) in [5.74, 6) is 2.32. The molecule has 1 fully saturated rings. The van der Waals surface area contributed by atoms with Crippen molar-refractivity contribution in [1.82, 2.24) is 9.80 Å². The Bertz CT molecular complexity index is 830. The van der Waals surface area contributed by atoms with Crippen molar-refractivity contribution in [3.05, 3.63) is 60.2 Å². The number of carbonyl (C=O) groups excluding carboxylic acids is 2. The fraction of sp³-hybridized carbons (Fsp3) is 0.417. The van der Waals surface area contributed by atoms with Crippen LogP contribution >= 0.6 is 11.8 Å². The van der Waals surface area contributed by atoms with Crippen LogP contribution in [-0.4, -0.2) is 65.9 Å². The lowest BCUT2D eigenvalue weighted by Crippen LogP contribution is -2.36. The molecule has 6 nitrogen and oxygen atoms in total. The molecule has 1 N–H and O–H groups in total. The van der Waals surface area contributed by atoms with Crippen LogP contribution < -0.4 is 10.1 Å². The van der Waals surface area contributed by atoms with Gasteiger partial charge in [0.2, 0.25) is 11.8 Å². The minimum Gasteiger partial charge on any atom is -0.493 e. The zero-order valence-corrected chi connectivity index (χ0v) is 18.9. The summed E-state index contributed by atoms with van der Waals surface area (Å²) in [5.41, 5.74) is 2.03. The predicted octanol–water partition coefficient (Wildman–Crippen LogP) is 3.49. The standard InChI is InChI=1S/C24H31N3O3S/c1-20(28)25-22-10-8-21(9-11-22)18-26-12-5-13-27(15-14-26)24(29)19-31-17-16-30-23-6-3-2-4-7-23/h2-4,6-11H,5,12-19H2,1H3,(H,25,28). The summed E-state index contributed by atoms with van der Waals surface area (Å²) in [6.45, 7) is 6.41. The smallest absolute Gasteiger partial charge is 0.232 e. The van der Waals surface area contributed by atoms with E-state index < -0.39 is 0 Å². The number of ether oxygens (including phenoxy) is 1. The molecular formula is C24H31N3O3S. The van der Waals surface area contributed by atoms with Gasteiger partial charge in [-0.2, -0.15) is 0 Å². The Morgan fingerprint density at radius 3 is 2.52 bits per heavy atom. The van der Waals surface area contributed by atoms with E-state index in [9.17, 15) is 9.59 Å². The summed E-state index contributed by atoms with van der Waals surface area (Å²) in [6, 6.07) is 17.7. The Balaban J connectivity index is 1.35. The third kappa shape index (κ3) is 8.26. The summed E-state index contributed by atoms with van der Waals surface area (Å²) in [4.78, 5) is 28.1. The molecule has 1 saturated heterocycles. The van der Waals surface area contributed by atoms with Crippen molar-refractivity contribution in [2.45, 2.75) is 19.9 Å². The second kappa shape index (κ2) is 12.4. The molecule has 166 valence electrons. The number of nitrogens with zero attached hydrogens (tertiary/aromatic N) is 2. The number of hydrogen-bond acceptors (Lipinski definition) is 5. The molecule has 0 radical (unpaired) electrons. The lowest BCUT2D eigenvalue weighted by molar-refractivity contribution is -0.128. The molecule has 2 aromatic rings. The van der Waals surface area contributed by atoms with E-state index in [1.165, 1.54) is 12.5 Å². The molecule has 7 heteroatoms. The van der Waals surface area contributed by atoms with Gasteiger partial charge in [0, 0.05) is 51.1 Å². The molecule has 2 aromatic carbocycles. The second-order valence-corrected chi connectivity index (χ2v) is 8.71. The minimum atomic E-state index is -0.0630. The molecule has 2 amide bonds. The van der Waals surface area contributed by atoms with Crippen LogP contribution in [0.5, 0.6) is 5.75 Å². The van der Waals surface area contributed by atoms with Gasteiger partial charge in [0.25, 0.3) is 0 Å². The van der Waals surface area contributed by atoms with Crippen molar-refractivity contribution in [3.63, 3.8) is 0 Å². The highest BCUT2D eigenvalue weighted by Gasteiger charge is 2.19. The van der Waals surface area contributed by atoms with Gasteiger partial charge in [0.05, 0.1) is 12.4 Å². The molecule has 1 heterocycles. The van der Waals surface area contributed by atoms with Crippen LogP contribution in [0.15, 0.2) is 54.6 Å². The zero-order valence-electron chi connectivity index (χ0n) is 18.1. The first-order valence-corrected chi connectivity index (χ1v) is 11.9. The number of rotatable bonds is 9. The summed E-state index contributed by atoms with van der Waals surface area (Å²) >= 11 is 1.63. The van der Waals surface area contributed by atoms with Crippen molar-refractivity contribution in [1.29, 1.82) is 0 Å². The molecule has 0 aliphatic carbocycles. The average molecular weight is 442 g/mol. The summed E-state index contributed by atoms with van der Waals surface area (Å²) in [7, 11) is 0. The van der Waals surface area contributed by atoms with E-state index in [0.29, 0.717) is 12.4 Å². The molecule has 0 bridgehead atoms. The van der Waals surface area contributed by atoms with Crippen molar-refractivity contribution < 1.29 is 14.3 Å². The van der Waals surface area contributed by atoms with Gasteiger partial charge in [-0.15, -0.1) is 11.8 Å². The minimum absolute atomic E-state index is 0.0630. The average Bonchev–Trinajstić information content (AvgIpc) is 3.01. The number of amides is 2. The fourth-order valence-electron chi connectivity index (χ4n) is 3.52. The molecule has 0 spiro atoms. The molecule has 0 unspecified atom stereocenters. The number of para-hydroxylation sites is 1. The maximum absolute atomic E-state index is 12.6. The Hall–Kier alpha value is -2.51.